The molecule has 64 valence electrons. The van der Waals surface area contributed by atoms with Gasteiger partial charge in [0.25, 0.3) is 0 Å². The third kappa shape index (κ3) is 1.18. The molecule has 1 aliphatic heterocycles. The van der Waals surface area contributed by atoms with E-state index >= 15 is 0 Å². The van der Waals surface area contributed by atoms with Gasteiger partial charge in [-0.25, -0.2) is 0 Å². The highest BCUT2D eigenvalue weighted by Gasteiger charge is 2.12. The van der Waals surface area contributed by atoms with Crippen LogP contribution < -0.4 is 4.90 Å². The Morgan fingerprint density at radius 2 is 2.25 bits per heavy atom. The number of benzene rings is 1. The van der Waals surface area contributed by atoms with Crippen LogP contribution >= 0.6 is 0 Å². The van der Waals surface area contributed by atoms with Crippen molar-refractivity contribution in [2.75, 3.05) is 18.7 Å². The first-order valence-corrected chi connectivity index (χ1v) is 4.16. The van der Waals surface area contributed by atoms with Crippen LogP contribution in [-0.2, 0) is 11.3 Å². The van der Waals surface area contributed by atoms with Gasteiger partial charge in [-0.05, 0) is 13.0 Å². The zero-order valence-corrected chi connectivity index (χ0v) is 7.50. The highest BCUT2D eigenvalue weighted by Crippen LogP contribution is 2.24. The summed E-state index contributed by atoms with van der Waals surface area (Å²) in [5.41, 5.74) is 3.89. The Labute approximate surface area is 72.8 Å². The third-order valence-electron chi connectivity index (χ3n) is 2.19. The fourth-order valence-electron chi connectivity index (χ4n) is 1.56. The summed E-state index contributed by atoms with van der Waals surface area (Å²) in [4.78, 5) is 2.12. The van der Waals surface area contributed by atoms with Gasteiger partial charge in [0.05, 0.1) is 6.61 Å². The zero-order valence-electron chi connectivity index (χ0n) is 7.50. The predicted molar refractivity (Wildman–Crippen MR) is 49.2 cm³/mol. The van der Waals surface area contributed by atoms with Gasteiger partial charge in [-0.2, -0.15) is 0 Å². The van der Waals surface area contributed by atoms with Gasteiger partial charge >= 0.3 is 0 Å². The minimum Gasteiger partial charge on any atom is -0.356 e. The van der Waals surface area contributed by atoms with Crippen molar-refractivity contribution in [1.29, 1.82) is 0 Å². The van der Waals surface area contributed by atoms with Crippen LogP contribution in [0.3, 0.4) is 0 Å². The molecule has 1 aromatic rings. The lowest BCUT2D eigenvalue weighted by atomic mass is 10.1. The lowest BCUT2D eigenvalue weighted by Crippen LogP contribution is -2.26. The van der Waals surface area contributed by atoms with Gasteiger partial charge in [0, 0.05) is 18.3 Å². The van der Waals surface area contributed by atoms with Crippen LogP contribution in [0.2, 0.25) is 0 Å². The lowest BCUT2D eigenvalue weighted by Gasteiger charge is -2.27. The summed E-state index contributed by atoms with van der Waals surface area (Å²) >= 11 is 0. The van der Waals surface area contributed by atoms with E-state index in [4.69, 9.17) is 4.74 Å². The van der Waals surface area contributed by atoms with Crippen molar-refractivity contribution >= 4 is 5.69 Å². The Morgan fingerprint density at radius 1 is 1.42 bits per heavy atom. The van der Waals surface area contributed by atoms with E-state index in [0.29, 0.717) is 6.73 Å². The SMILES string of the molecule is Cc1ccc2c(c1)COCN2C. The molecule has 0 aromatic heterocycles. The molecule has 2 heteroatoms. The molecule has 0 fully saturated rings. The number of rotatable bonds is 0. The van der Waals surface area contributed by atoms with Crippen LogP contribution in [-0.4, -0.2) is 13.8 Å². The van der Waals surface area contributed by atoms with Gasteiger partial charge in [0.15, 0.2) is 0 Å². The molecular weight excluding hydrogens is 150 g/mol. The molecule has 0 saturated carbocycles. The van der Waals surface area contributed by atoms with Gasteiger partial charge in [-0.3, -0.25) is 0 Å². The van der Waals surface area contributed by atoms with Crippen LogP contribution in [0.25, 0.3) is 0 Å². The van der Waals surface area contributed by atoms with E-state index in [1.54, 1.807) is 0 Å². The second kappa shape index (κ2) is 2.79. The molecule has 1 aromatic carbocycles. The number of hydrogen-bond acceptors (Lipinski definition) is 2. The summed E-state index contributed by atoms with van der Waals surface area (Å²) in [7, 11) is 2.05. The monoisotopic (exact) mass is 163 g/mol. The van der Waals surface area contributed by atoms with Gasteiger partial charge in [0.2, 0.25) is 0 Å². The highest BCUT2D eigenvalue weighted by atomic mass is 16.5. The predicted octanol–water partition coefficient (Wildman–Crippen LogP) is 1.92. The van der Waals surface area contributed by atoms with E-state index in [2.05, 4.69) is 30.0 Å². The molecule has 12 heavy (non-hydrogen) atoms. The van der Waals surface area contributed by atoms with Crippen molar-refractivity contribution in [3.63, 3.8) is 0 Å². The number of aryl methyl sites for hydroxylation is 1. The summed E-state index contributed by atoms with van der Waals surface area (Å²) < 4.78 is 5.39. The van der Waals surface area contributed by atoms with Crippen molar-refractivity contribution in [2.45, 2.75) is 13.5 Å². The maximum absolute atomic E-state index is 5.39. The first-order valence-electron chi connectivity index (χ1n) is 4.16. The van der Waals surface area contributed by atoms with Crippen molar-refractivity contribution in [1.82, 2.24) is 0 Å². The molecule has 2 rings (SSSR count). The average molecular weight is 163 g/mol. The fraction of sp³-hybridized carbons (Fsp3) is 0.400. The number of hydrogen-bond donors (Lipinski definition) is 0. The van der Waals surface area contributed by atoms with Gasteiger partial charge in [0.1, 0.15) is 6.73 Å². The second-order valence-electron chi connectivity index (χ2n) is 3.31. The topological polar surface area (TPSA) is 12.5 Å². The van der Waals surface area contributed by atoms with Gasteiger partial charge < -0.3 is 9.64 Å². The number of ether oxygens (including phenoxy) is 1. The molecule has 0 unspecified atom stereocenters. The van der Waals surface area contributed by atoms with Crippen molar-refractivity contribution in [2.24, 2.45) is 0 Å². The molecule has 0 atom stereocenters. The normalized spacial score (nSPS) is 16.0. The molecule has 1 heterocycles. The smallest absolute Gasteiger partial charge is 0.119 e. The number of nitrogens with zero attached hydrogens (tertiary/aromatic N) is 1. The molecule has 0 saturated heterocycles. The Morgan fingerprint density at radius 3 is 3.08 bits per heavy atom. The Balaban J connectivity index is 2.46. The van der Waals surface area contributed by atoms with E-state index in [9.17, 15) is 0 Å². The van der Waals surface area contributed by atoms with E-state index in [0.717, 1.165) is 6.61 Å². The summed E-state index contributed by atoms with van der Waals surface area (Å²) in [6, 6.07) is 6.48. The maximum Gasteiger partial charge on any atom is 0.119 e. The molecule has 2 nitrogen and oxygen atoms in total. The van der Waals surface area contributed by atoms with Crippen LogP contribution in [0.4, 0.5) is 5.69 Å². The molecule has 0 aliphatic carbocycles. The summed E-state index contributed by atoms with van der Waals surface area (Å²) in [6.07, 6.45) is 0. The zero-order chi connectivity index (χ0) is 8.55. The lowest BCUT2D eigenvalue weighted by molar-refractivity contribution is 0.113. The van der Waals surface area contributed by atoms with Crippen molar-refractivity contribution in [3.05, 3.63) is 29.3 Å². The van der Waals surface area contributed by atoms with E-state index in [1.165, 1.54) is 16.8 Å². The molecule has 0 amide bonds. The molecule has 1 aliphatic rings. The molecule has 0 N–H and O–H groups in total. The van der Waals surface area contributed by atoms with Crippen LogP contribution in [0.5, 0.6) is 0 Å². The van der Waals surface area contributed by atoms with Gasteiger partial charge in [-0.1, -0.05) is 17.7 Å². The Hall–Kier alpha value is -1.02. The number of anilines is 1. The Bertz CT molecular complexity index is 296. The summed E-state index contributed by atoms with van der Waals surface area (Å²) in [5, 5.41) is 0. The van der Waals surface area contributed by atoms with Crippen molar-refractivity contribution < 1.29 is 4.74 Å². The Kier molecular flexibility index (Phi) is 1.77. The molecule has 0 spiro atoms. The molecular formula is C10H13NO. The van der Waals surface area contributed by atoms with E-state index < -0.39 is 0 Å². The molecule has 0 bridgehead atoms. The van der Waals surface area contributed by atoms with Crippen LogP contribution in [0.1, 0.15) is 11.1 Å². The maximum atomic E-state index is 5.39. The van der Waals surface area contributed by atoms with Gasteiger partial charge in [-0.15, -0.1) is 0 Å². The van der Waals surface area contributed by atoms with E-state index in [-0.39, 0.29) is 0 Å². The largest absolute Gasteiger partial charge is 0.356 e. The summed E-state index contributed by atoms with van der Waals surface area (Å²) in [6.45, 7) is 3.56. The second-order valence-corrected chi connectivity index (χ2v) is 3.31. The van der Waals surface area contributed by atoms with Crippen LogP contribution in [0, 0.1) is 6.92 Å². The van der Waals surface area contributed by atoms with E-state index in [1.807, 2.05) is 7.05 Å². The first kappa shape index (κ1) is 7.62. The average Bonchev–Trinajstić information content (AvgIpc) is 2.04. The summed E-state index contributed by atoms with van der Waals surface area (Å²) in [5.74, 6) is 0. The first-order chi connectivity index (χ1) is 5.77. The molecule has 0 radical (unpaired) electrons. The standard InChI is InChI=1S/C10H13NO/c1-8-3-4-10-9(5-8)6-12-7-11(10)2/h3-5H,6-7H2,1-2H3. The van der Waals surface area contributed by atoms with Crippen LogP contribution in [0.15, 0.2) is 18.2 Å². The number of fused-ring (bicyclic) bond motifs is 1. The highest BCUT2D eigenvalue weighted by molar-refractivity contribution is 5.54. The minimum atomic E-state index is 0.704. The van der Waals surface area contributed by atoms with Crippen molar-refractivity contribution in [3.8, 4) is 0 Å². The quantitative estimate of drug-likeness (QED) is 0.579. The fourth-order valence-corrected chi connectivity index (χ4v) is 1.56. The minimum absolute atomic E-state index is 0.704. The third-order valence-corrected chi connectivity index (χ3v) is 2.19.